The first-order valence-electron chi connectivity index (χ1n) is 10.4. The summed E-state index contributed by atoms with van der Waals surface area (Å²) < 4.78 is 21.5. The van der Waals surface area contributed by atoms with Crippen LogP contribution in [0, 0.1) is 12.7 Å². The quantitative estimate of drug-likeness (QED) is 0.440. The molecule has 8 nitrogen and oxygen atoms in total. The summed E-state index contributed by atoms with van der Waals surface area (Å²) in [6.07, 6.45) is 2.21. The number of nitrogens with zero attached hydrogens (tertiary/aromatic N) is 4. The molecule has 168 valence electrons. The van der Waals surface area contributed by atoms with Crippen LogP contribution < -0.4 is 15.4 Å². The van der Waals surface area contributed by atoms with E-state index in [1.165, 1.54) is 12.3 Å². The van der Waals surface area contributed by atoms with Gasteiger partial charge in [0.1, 0.15) is 23.3 Å². The number of halogens is 2. The molecule has 1 amide bonds. The molecule has 0 aliphatic carbocycles. The Kier molecular flexibility index (Phi) is 5.33. The number of hydrogen-bond donors (Lipinski definition) is 2. The highest BCUT2D eigenvalue weighted by Gasteiger charge is 2.22. The first kappa shape index (κ1) is 21.1. The molecule has 4 aromatic rings. The molecule has 1 aliphatic heterocycles. The van der Waals surface area contributed by atoms with Crippen LogP contribution >= 0.6 is 11.6 Å². The standard InChI is InChI=1S/C23H20ClFN6O2/c1-12-8-27-22(32)18-11-29-31-13(2)19(14-3-5-16(24)6-4-14)20(30-21(18)31)26-9-15-7-17(25)10-28-23(15)33-12/h3-7,10-12H,8-9H2,1-2H3,(H,26,30)(H,27,32)/t12-/m0/s1. The molecule has 1 aliphatic rings. The van der Waals surface area contributed by atoms with Gasteiger partial charge in [-0.1, -0.05) is 23.7 Å². The van der Waals surface area contributed by atoms with Crippen molar-refractivity contribution in [1.29, 1.82) is 0 Å². The number of ether oxygens (including phenoxy) is 1. The van der Waals surface area contributed by atoms with Crippen molar-refractivity contribution in [1.82, 2.24) is 24.9 Å². The van der Waals surface area contributed by atoms with Gasteiger partial charge in [0, 0.05) is 22.7 Å². The molecule has 0 spiro atoms. The second-order valence-corrected chi connectivity index (χ2v) is 8.27. The van der Waals surface area contributed by atoms with Crippen LogP contribution in [-0.4, -0.2) is 38.1 Å². The molecule has 10 heteroatoms. The van der Waals surface area contributed by atoms with Crippen LogP contribution in [0.1, 0.15) is 28.5 Å². The Hall–Kier alpha value is -3.72. The van der Waals surface area contributed by atoms with Gasteiger partial charge in [0.05, 0.1) is 24.6 Å². The number of rotatable bonds is 1. The number of pyridine rings is 1. The van der Waals surface area contributed by atoms with E-state index in [0.29, 0.717) is 33.5 Å². The van der Waals surface area contributed by atoms with Crippen molar-refractivity contribution in [2.45, 2.75) is 26.5 Å². The van der Waals surface area contributed by atoms with Crippen molar-refractivity contribution >= 4 is 29.0 Å². The zero-order chi connectivity index (χ0) is 23.1. The van der Waals surface area contributed by atoms with Crippen LogP contribution in [0.25, 0.3) is 16.8 Å². The second kappa shape index (κ2) is 8.32. The maximum Gasteiger partial charge on any atom is 0.256 e. The molecule has 3 aromatic heterocycles. The van der Waals surface area contributed by atoms with Crippen molar-refractivity contribution in [2.24, 2.45) is 0 Å². The van der Waals surface area contributed by atoms with Gasteiger partial charge < -0.3 is 15.4 Å². The van der Waals surface area contributed by atoms with Crippen molar-refractivity contribution in [3.05, 3.63) is 70.4 Å². The SMILES string of the molecule is Cc1c(-c2ccc(Cl)cc2)c2nc3c(cnn13)C(=O)NC[C@H](C)Oc1ncc(F)cc1CN2. The molecule has 33 heavy (non-hydrogen) atoms. The third-order valence-electron chi connectivity index (χ3n) is 5.46. The van der Waals surface area contributed by atoms with Crippen LogP contribution in [0.15, 0.2) is 42.7 Å². The lowest BCUT2D eigenvalue weighted by atomic mass is 10.0. The zero-order valence-corrected chi connectivity index (χ0v) is 18.7. The third-order valence-corrected chi connectivity index (χ3v) is 5.71. The molecule has 0 saturated heterocycles. The predicted octanol–water partition coefficient (Wildman–Crippen LogP) is 4.02. The number of fused-ring (bicyclic) bond motifs is 2. The maximum atomic E-state index is 14.0. The van der Waals surface area contributed by atoms with E-state index in [9.17, 15) is 9.18 Å². The Morgan fingerprint density at radius 2 is 2.00 bits per heavy atom. The van der Waals surface area contributed by atoms with Crippen LogP contribution in [0.4, 0.5) is 10.2 Å². The summed E-state index contributed by atoms with van der Waals surface area (Å²) in [5.41, 5.74) is 3.71. The monoisotopic (exact) mass is 466 g/mol. The van der Waals surface area contributed by atoms with Gasteiger partial charge in [-0.25, -0.2) is 18.9 Å². The number of aromatic nitrogens is 4. The van der Waals surface area contributed by atoms with E-state index in [1.54, 1.807) is 23.6 Å². The fourth-order valence-corrected chi connectivity index (χ4v) is 3.95. The maximum absolute atomic E-state index is 14.0. The van der Waals surface area contributed by atoms with E-state index in [-0.39, 0.29) is 25.1 Å². The highest BCUT2D eigenvalue weighted by atomic mass is 35.5. The molecule has 0 radical (unpaired) electrons. The molecule has 0 fully saturated rings. The van der Waals surface area contributed by atoms with Crippen LogP contribution in [0.3, 0.4) is 0 Å². The summed E-state index contributed by atoms with van der Waals surface area (Å²) in [5.74, 6) is 0.0159. The number of nitrogens with one attached hydrogen (secondary N) is 2. The van der Waals surface area contributed by atoms with E-state index in [0.717, 1.165) is 23.0 Å². The Labute approximate surface area is 193 Å². The van der Waals surface area contributed by atoms with E-state index in [4.69, 9.17) is 21.3 Å². The van der Waals surface area contributed by atoms with Gasteiger partial charge in [-0.15, -0.1) is 0 Å². The lowest BCUT2D eigenvalue weighted by Gasteiger charge is -2.18. The number of benzene rings is 1. The van der Waals surface area contributed by atoms with E-state index in [1.807, 2.05) is 19.1 Å². The average molecular weight is 467 g/mol. The van der Waals surface area contributed by atoms with Gasteiger partial charge in [-0.2, -0.15) is 5.10 Å². The Morgan fingerprint density at radius 3 is 2.79 bits per heavy atom. The summed E-state index contributed by atoms with van der Waals surface area (Å²) in [7, 11) is 0. The first-order chi connectivity index (χ1) is 15.9. The van der Waals surface area contributed by atoms with E-state index >= 15 is 0 Å². The molecule has 5 rings (SSSR count). The largest absolute Gasteiger partial charge is 0.473 e. The summed E-state index contributed by atoms with van der Waals surface area (Å²) >= 11 is 6.09. The molecule has 2 N–H and O–H groups in total. The predicted molar refractivity (Wildman–Crippen MR) is 122 cm³/mol. The lowest BCUT2D eigenvalue weighted by molar-refractivity contribution is 0.0932. The number of carbonyl (C=O) groups excluding carboxylic acids is 1. The topological polar surface area (TPSA) is 93.4 Å². The molecular weight excluding hydrogens is 447 g/mol. The smallest absolute Gasteiger partial charge is 0.256 e. The third kappa shape index (κ3) is 3.95. The van der Waals surface area contributed by atoms with Crippen molar-refractivity contribution in [3.8, 4) is 17.0 Å². The van der Waals surface area contributed by atoms with Gasteiger partial charge in [0.2, 0.25) is 5.88 Å². The molecule has 4 heterocycles. The number of aryl methyl sites for hydroxylation is 1. The minimum atomic E-state index is -0.472. The minimum Gasteiger partial charge on any atom is -0.473 e. The van der Waals surface area contributed by atoms with Crippen molar-refractivity contribution in [2.75, 3.05) is 11.9 Å². The fourth-order valence-electron chi connectivity index (χ4n) is 3.83. The summed E-state index contributed by atoms with van der Waals surface area (Å²) in [6.45, 7) is 4.14. The lowest BCUT2D eigenvalue weighted by Crippen LogP contribution is -2.33. The van der Waals surface area contributed by atoms with Crippen LogP contribution in [-0.2, 0) is 6.54 Å². The molecule has 0 saturated carbocycles. The normalized spacial score (nSPS) is 16.1. The van der Waals surface area contributed by atoms with Gasteiger partial charge in [-0.05, 0) is 37.6 Å². The zero-order valence-electron chi connectivity index (χ0n) is 17.9. The number of hydrogen-bond acceptors (Lipinski definition) is 6. The van der Waals surface area contributed by atoms with Gasteiger partial charge in [0.25, 0.3) is 5.91 Å². The Balaban J connectivity index is 1.71. The van der Waals surface area contributed by atoms with Crippen LogP contribution in [0.2, 0.25) is 5.02 Å². The second-order valence-electron chi connectivity index (χ2n) is 7.83. The van der Waals surface area contributed by atoms with E-state index < -0.39 is 5.82 Å². The molecule has 1 atom stereocenters. The molecular formula is C23H20ClFN6O2. The van der Waals surface area contributed by atoms with Crippen molar-refractivity contribution < 1.29 is 13.9 Å². The molecule has 1 aromatic carbocycles. The summed E-state index contributed by atoms with van der Waals surface area (Å²) in [6, 6.07) is 8.72. The number of carbonyl (C=O) groups is 1. The van der Waals surface area contributed by atoms with E-state index in [2.05, 4.69) is 20.7 Å². The minimum absolute atomic E-state index is 0.209. The average Bonchev–Trinajstić information content (AvgIpc) is 3.22. The summed E-state index contributed by atoms with van der Waals surface area (Å²) in [5, 5.41) is 11.1. The summed E-state index contributed by atoms with van der Waals surface area (Å²) in [4.78, 5) is 21.7. The van der Waals surface area contributed by atoms with Gasteiger partial charge in [-0.3, -0.25) is 4.79 Å². The number of amides is 1. The Bertz CT molecular complexity index is 1370. The number of anilines is 1. The molecule has 2 bridgehead atoms. The van der Waals surface area contributed by atoms with Gasteiger partial charge in [0.15, 0.2) is 5.65 Å². The first-order valence-corrected chi connectivity index (χ1v) is 10.8. The molecule has 0 unspecified atom stereocenters. The fraction of sp³-hybridized carbons (Fsp3) is 0.217. The van der Waals surface area contributed by atoms with Crippen LogP contribution in [0.5, 0.6) is 5.88 Å². The highest BCUT2D eigenvalue weighted by molar-refractivity contribution is 6.30. The highest BCUT2D eigenvalue weighted by Crippen LogP contribution is 2.33. The van der Waals surface area contributed by atoms with Gasteiger partial charge >= 0.3 is 0 Å². The Morgan fingerprint density at radius 1 is 1.21 bits per heavy atom. The van der Waals surface area contributed by atoms with Crippen molar-refractivity contribution in [3.63, 3.8) is 0 Å².